The molecule has 3 heterocycles. The molecule has 0 bridgehead atoms. The number of likely N-dealkylation sites (tertiary alicyclic amines) is 1. The molecule has 32 heavy (non-hydrogen) atoms. The summed E-state index contributed by atoms with van der Waals surface area (Å²) >= 11 is 0. The second-order valence-corrected chi connectivity index (χ2v) is 8.53. The Hall–Kier alpha value is -3.48. The van der Waals surface area contributed by atoms with Gasteiger partial charge in [-0.2, -0.15) is 0 Å². The zero-order valence-corrected chi connectivity index (χ0v) is 18.3. The molecule has 7 heteroatoms. The first kappa shape index (κ1) is 20.4. The Morgan fingerprint density at radius 1 is 1.06 bits per heavy atom. The molecular weight excluding hydrogens is 408 g/mol. The van der Waals surface area contributed by atoms with E-state index in [1.54, 1.807) is 18.4 Å². The fourth-order valence-electron chi connectivity index (χ4n) is 4.41. The van der Waals surface area contributed by atoms with Crippen molar-refractivity contribution in [2.45, 2.75) is 33.1 Å². The van der Waals surface area contributed by atoms with Gasteiger partial charge in [0.1, 0.15) is 5.58 Å². The van der Waals surface area contributed by atoms with Gasteiger partial charge in [0.2, 0.25) is 18.6 Å². The van der Waals surface area contributed by atoms with Gasteiger partial charge in [0.15, 0.2) is 11.5 Å². The van der Waals surface area contributed by atoms with E-state index >= 15 is 0 Å². The molecule has 0 unspecified atom stereocenters. The molecule has 1 fully saturated rings. The number of hydrogen-bond donors (Lipinski definition) is 1. The van der Waals surface area contributed by atoms with Gasteiger partial charge in [-0.3, -0.25) is 9.59 Å². The van der Waals surface area contributed by atoms with Gasteiger partial charge in [-0.1, -0.05) is 12.1 Å². The summed E-state index contributed by atoms with van der Waals surface area (Å²) in [5, 5.41) is 3.96. The van der Waals surface area contributed by atoms with Crippen molar-refractivity contribution in [1.29, 1.82) is 0 Å². The normalized spacial score (nSPS) is 15.9. The maximum Gasteiger partial charge on any atom is 0.231 e. The smallest absolute Gasteiger partial charge is 0.231 e. The van der Waals surface area contributed by atoms with Crippen molar-refractivity contribution in [3.05, 3.63) is 53.3 Å². The van der Waals surface area contributed by atoms with Gasteiger partial charge >= 0.3 is 0 Å². The van der Waals surface area contributed by atoms with E-state index in [4.69, 9.17) is 13.9 Å². The molecule has 2 aliphatic rings. The van der Waals surface area contributed by atoms with Crippen LogP contribution in [-0.2, 0) is 16.0 Å². The second kappa shape index (κ2) is 8.22. The predicted octanol–water partition coefficient (Wildman–Crippen LogP) is 4.20. The summed E-state index contributed by atoms with van der Waals surface area (Å²) in [6.07, 6.45) is 3.29. The molecule has 5 rings (SSSR count). The number of carbonyl (C=O) groups is 2. The Morgan fingerprint density at radius 3 is 2.66 bits per heavy atom. The number of piperidine rings is 1. The van der Waals surface area contributed by atoms with Crippen molar-refractivity contribution >= 4 is 28.5 Å². The minimum atomic E-state index is -0.121. The van der Waals surface area contributed by atoms with Crippen molar-refractivity contribution in [2.75, 3.05) is 25.2 Å². The molecule has 3 aromatic rings. The molecule has 0 spiro atoms. The summed E-state index contributed by atoms with van der Waals surface area (Å²) in [5.41, 5.74) is 4.74. The number of aryl methyl sites for hydroxylation is 2. The number of carbonyl (C=O) groups excluding carboxylic acids is 2. The molecule has 7 nitrogen and oxygen atoms in total. The van der Waals surface area contributed by atoms with Crippen LogP contribution in [0.15, 0.2) is 41.0 Å². The highest BCUT2D eigenvalue weighted by Crippen LogP contribution is 2.34. The molecule has 2 amide bonds. The van der Waals surface area contributed by atoms with Gasteiger partial charge < -0.3 is 24.1 Å². The van der Waals surface area contributed by atoms with E-state index < -0.39 is 0 Å². The number of hydrogen-bond acceptors (Lipinski definition) is 5. The van der Waals surface area contributed by atoms with Gasteiger partial charge in [0.05, 0.1) is 12.7 Å². The Bertz CT molecular complexity index is 1190. The molecule has 2 aliphatic heterocycles. The summed E-state index contributed by atoms with van der Waals surface area (Å²) < 4.78 is 16.4. The van der Waals surface area contributed by atoms with Gasteiger partial charge in [0.25, 0.3) is 0 Å². The van der Waals surface area contributed by atoms with Crippen molar-refractivity contribution in [3.8, 4) is 11.5 Å². The van der Waals surface area contributed by atoms with Gasteiger partial charge in [-0.05, 0) is 49.9 Å². The Kier molecular flexibility index (Phi) is 5.25. The highest BCUT2D eigenvalue weighted by Gasteiger charge is 2.28. The first-order chi connectivity index (χ1) is 15.5. The molecule has 0 radical (unpaired) electrons. The molecular formula is C25H26N2O5. The number of nitrogens with zero attached hydrogens (tertiary/aromatic N) is 1. The lowest BCUT2D eigenvalue weighted by Gasteiger charge is -2.31. The van der Waals surface area contributed by atoms with Crippen molar-refractivity contribution in [2.24, 2.45) is 5.92 Å². The monoisotopic (exact) mass is 434 g/mol. The topological polar surface area (TPSA) is 81.0 Å². The molecule has 166 valence electrons. The van der Waals surface area contributed by atoms with E-state index in [0.717, 1.165) is 22.1 Å². The SMILES string of the molecule is Cc1ccc2c(CC(=O)N3CCC(C(=O)Nc4ccc5c(c4)OCO5)CC3)coc2c1C. The number of ether oxygens (including phenoxy) is 2. The zero-order chi connectivity index (χ0) is 22.2. The van der Waals surface area contributed by atoms with Crippen molar-refractivity contribution in [3.63, 3.8) is 0 Å². The first-order valence-corrected chi connectivity index (χ1v) is 10.9. The summed E-state index contributed by atoms with van der Waals surface area (Å²) in [4.78, 5) is 27.5. The fraction of sp³-hybridized carbons (Fsp3) is 0.360. The standard InChI is InChI=1S/C25H26N2O5/c1-15-3-5-20-18(13-30-24(20)16(15)2)11-23(28)27-9-7-17(8-10-27)25(29)26-19-4-6-21-22(12-19)32-14-31-21/h3-6,12-13,17H,7-11,14H2,1-2H3,(H,26,29). The third-order valence-corrected chi connectivity index (χ3v) is 6.54. The molecule has 0 saturated carbocycles. The molecule has 1 N–H and O–H groups in total. The average Bonchev–Trinajstić information content (AvgIpc) is 3.43. The van der Waals surface area contributed by atoms with Crippen LogP contribution in [0.2, 0.25) is 0 Å². The van der Waals surface area contributed by atoms with Crippen LogP contribution in [0.1, 0.15) is 29.5 Å². The number of furan rings is 1. The van der Waals surface area contributed by atoms with E-state index in [2.05, 4.69) is 18.3 Å². The maximum absolute atomic E-state index is 12.9. The first-order valence-electron chi connectivity index (χ1n) is 10.9. The van der Waals surface area contributed by atoms with Crippen LogP contribution in [0.4, 0.5) is 5.69 Å². The summed E-state index contributed by atoms with van der Waals surface area (Å²) in [6.45, 7) is 5.44. The summed E-state index contributed by atoms with van der Waals surface area (Å²) in [6, 6.07) is 9.46. The highest BCUT2D eigenvalue weighted by molar-refractivity contribution is 5.93. The fourth-order valence-corrected chi connectivity index (χ4v) is 4.41. The lowest BCUT2D eigenvalue weighted by molar-refractivity contribution is -0.133. The summed E-state index contributed by atoms with van der Waals surface area (Å²) in [5.74, 6) is 1.25. The number of anilines is 1. The summed E-state index contributed by atoms with van der Waals surface area (Å²) in [7, 11) is 0. The Balaban J connectivity index is 1.17. The van der Waals surface area contributed by atoms with Crippen LogP contribution < -0.4 is 14.8 Å². The molecule has 0 aliphatic carbocycles. The van der Waals surface area contributed by atoms with E-state index in [1.165, 1.54) is 5.56 Å². The largest absolute Gasteiger partial charge is 0.464 e. The average molecular weight is 434 g/mol. The van der Waals surface area contributed by atoms with E-state index in [9.17, 15) is 9.59 Å². The van der Waals surface area contributed by atoms with Crippen molar-refractivity contribution < 1.29 is 23.5 Å². The Labute approximate surface area is 186 Å². The van der Waals surface area contributed by atoms with Crippen LogP contribution >= 0.6 is 0 Å². The molecule has 0 atom stereocenters. The van der Waals surface area contributed by atoms with Crippen LogP contribution in [0, 0.1) is 19.8 Å². The molecule has 2 aromatic carbocycles. The van der Waals surface area contributed by atoms with Crippen LogP contribution in [-0.4, -0.2) is 36.6 Å². The lowest BCUT2D eigenvalue weighted by atomic mass is 9.95. The molecule has 1 saturated heterocycles. The quantitative estimate of drug-likeness (QED) is 0.666. The third kappa shape index (κ3) is 3.79. The van der Waals surface area contributed by atoms with Crippen LogP contribution in [0.25, 0.3) is 11.0 Å². The molecule has 1 aromatic heterocycles. The second-order valence-electron chi connectivity index (χ2n) is 8.53. The van der Waals surface area contributed by atoms with Crippen LogP contribution in [0.5, 0.6) is 11.5 Å². The minimum Gasteiger partial charge on any atom is -0.464 e. The maximum atomic E-state index is 12.9. The minimum absolute atomic E-state index is 0.0253. The predicted molar refractivity (Wildman–Crippen MR) is 120 cm³/mol. The number of nitrogens with one attached hydrogen (secondary N) is 1. The number of amides is 2. The highest BCUT2D eigenvalue weighted by atomic mass is 16.7. The Morgan fingerprint density at radius 2 is 1.84 bits per heavy atom. The van der Waals surface area contributed by atoms with Gasteiger partial charge in [0, 0.05) is 41.7 Å². The van der Waals surface area contributed by atoms with E-state index in [1.807, 2.05) is 24.0 Å². The van der Waals surface area contributed by atoms with Crippen molar-refractivity contribution in [1.82, 2.24) is 4.90 Å². The lowest BCUT2D eigenvalue weighted by Crippen LogP contribution is -2.42. The number of rotatable bonds is 4. The third-order valence-electron chi connectivity index (χ3n) is 6.54. The number of fused-ring (bicyclic) bond motifs is 2. The van der Waals surface area contributed by atoms with Crippen LogP contribution in [0.3, 0.4) is 0 Å². The zero-order valence-electron chi connectivity index (χ0n) is 18.3. The van der Waals surface area contributed by atoms with Gasteiger partial charge in [-0.25, -0.2) is 0 Å². The number of benzene rings is 2. The van der Waals surface area contributed by atoms with Gasteiger partial charge in [-0.15, -0.1) is 0 Å². The van der Waals surface area contributed by atoms with E-state index in [0.29, 0.717) is 49.5 Å². The van der Waals surface area contributed by atoms with E-state index in [-0.39, 0.29) is 24.5 Å².